The average Bonchev–Trinajstić information content (AvgIpc) is 3.92. The van der Waals surface area contributed by atoms with Gasteiger partial charge in [0.05, 0.1) is 11.0 Å². The second-order valence-corrected chi connectivity index (χ2v) is 16.8. The van der Waals surface area contributed by atoms with Crippen molar-refractivity contribution >= 4 is 60.7 Å². The van der Waals surface area contributed by atoms with Crippen LogP contribution in [0, 0.1) is 0 Å². The molecule has 0 spiro atoms. The molecule has 0 fully saturated rings. The van der Waals surface area contributed by atoms with E-state index in [-0.39, 0.29) is 5.41 Å². The van der Waals surface area contributed by atoms with E-state index in [0.717, 1.165) is 51.6 Å². The van der Waals surface area contributed by atoms with Gasteiger partial charge in [-0.05, 0) is 119 Å². The molecule has 2 aliphatic rings. The van der Waals surface area contributed by atoms with Crippen LogP contribution < -0.4 is 4.90 Å². The number of hydrogen-bond acceptors (Lipinski definition) is 2. The van der Waals surface area contributed by atoms with Gasteiger partial charge in [0.1, 0.15) is 11.2 Å². The molecule has 0 aliphatic heterocycles. The van der Waals surface area contributed by atoms with Crippen LogP contribution >= 0.6 is 0 Å². The molecule has 2 heterocycles. The van der Waals surface area contributed by atoms with E-state index >= 15 is 0 Å². The maximum Gasteiger partial charge on any atom is 0.143 e. The second kappa shape index (κ2) is 13.3. The highest BCUT2D eigenvalue weighted by molar-refractivity contribution is 6.11. The van der Waals surface area contributed by atoms with Crippen LogP contribution in [0.4, 0.5) is 11.4 Å². The first-order valence-electron chi connectivity index (χ1n) is 21.1. The van der Waals surface area contributed by atoms with Gasteiger partial charge in [-0.3, -0.25) is 0 Å². The quantitative estimate of drug-likeness (QED) is 0.168. The summed E-state index contributed by atoms with van der Waals surface area (Å²) in [6.07, 6.45) is 6.56. The third-order valence-corrected chi connectivity index (χ3v) is 13.1. The van der Waals surface area contributed by atoms with Crippen LogP contribution in [0.25, 0.3) is 77.3 Å². The zero-order chi connectivity index (χ0) is 40.0. The molecule has 0 atom stereocenters. The van der Waals surface area contributed by atoms with E-state index in [4.69, 9.17) is 4.42 Å². The third-order valence-electron chi connectivity index (χ3n) is 13.1. The number of allylic oxidation sites excluding steroid dienone is 4. The first kappa shape index (κ1) is 34.7. The summed E-state index contributed by atoms with van der Waals surface area (Å²) in [6.45, 7) is 4.73. The SMILES string of the molecule is CC1(C)c2ccccc2-c2ccc(N(C3=CC=C(c4ccc5c(c4)c4ccccc4n5-c4ccccc4)CC3)c3ccc(-c4cccc5c4oc4ccccc45)cc3)cc21. The van der Waals surface area contributed by atoms with E-state index in [2.05, 4.69) is 211 Å². The Morgan fingerprint density at radius 1 is 0.483 bits per heavy atom. The normalized spacial score (nSPS) is 14.4. The van der Waals surface area contributed by atoms with E-state index in [1.54, 1.807) is 0 Å². The standard InChI is InChI=1S/C57H42N2O/c1-57(2)51-20-9-6-15-45(51)46-33-32-43(36-52(46)57)58(42-30-25-38(26-31-42)44-18-12-19-49-48-17-8-11-22-55(48)60-56(44)49)41-28-23-37(24-29-41)39-27-34-54-50(35-39)47-16-7-10-21-53(47)59(54)40-13-4-3-5-14-40/h3-23,25-28,30-36H,24,29H2,1-2H3. The maximum absolute atomic E-state index is 6.45. The Morgan fingerprint density at radius 2 is 1.17 bits per heavy atom. The van der Waals surface area contributed by atoms with E-state index in [0.29, 0.717) is 0 Å². The highest BCUT2D eigenvalue weighted by Gasteiger charge is 2.36. The van der Waals surface area contributed by atoms with E-state index < -0.39 is 0 Å². The summed E-state index contributed by atoms with van der Waals surface area (Å²) in [5, 5.41) is 4.85. The Labute approximate surface area is 349 Å². The number of aromatic nitrogens is 1. The van der Waals surface area contributed by atoms with Gasteiger partial charge >= 0.3 is 0 Å². The molecular formula is C57H42N2O. The first-order valence-corrected chi connectivity index (χ1v) is 21.1. The van der Waals surface area contributed by atoms with Crippen molar-refractivity contribution in [3.05, 3.63) is 217 Å². The molecule has 0 saturated carbocycles. The number of benzene rings is 8. The maximum atomic E-state index is 6.45. The zero-order valence-electron chi connectivity index (χ0n) is 33.7. The molecule has 8 aromatic carbocycles. The fourth-order valence-electron chi connectivity index (χ4n) is 10.2. The topological polar surface area (TPSA) is 21.3 Å². The molecule has 60 heavy (non-hydrogen) atoms. The monoisotopic (exact) mass is 770 g/mol. The van der Waals surface area contributed by atoms with Gasteiger partial charge in [-0.1, -0.05) is 141 Å². The molecule has 0 bridgehead atoms. The van der Waals surface area contributed by atoms with Crippen molar-refractivity contribution in [2.24, 2.45) is 0 Å². The smallest absolute Gasteiger partial charge is 0.143 e. The van der Waals surface area contributed by atoms with Crippen LogP contribution in [-0.2, 0) is 5.41 Å². The summed E-state index contributed by atoms with van der Waals surface area (Å²) in [4.78, 5) is 2.48. The van der Waals surface area contributed by atoms with Crippen LogP contribution in [0.3, 0.4) is 0 Å². The second-order valence-electron chi connectivity index (χ2n) is 16.8. The van der Waals surface area contributed by atoms with E-state index in [1.165, 1.54) is 72.3 Å². The van der Waals surface area contributed by atoms with Gasteiger partial charge in [-0.25, -0.2) is 0 Å². The molecule has 3 heteroatoms. The Morgan fingerprint density at radius 3 is 2.02 bits per heavy atom. The predicted octanol–water partition coefficient (Wildman–Crippen LogP) is 15.6. The first-order chi connectivity index (χ1) is 29.5. The molecule has 12 rings (SSSR count). The van der Waals surface area contributed by atoms with Gasteiger partial charge in [-0.15, -0.1) is 0 Å². The van der Waals surface area contributed by atoms with Gasteiger partial charge in [0, 0.05) is 55.3 Å². The van der Waals surface area contributed by atoms with E-state index in [1.807, 2.05) is 6.07 Å². The van der Waals surface area contributed by atoms with Gasteiger partial charge in [0.25, 0.3) is 0 Å². The van der Waals surface area contributed by atoms with Crippen LogP contribution in [0.2, 0.25) is 0 Å². The summed E-state index contributed by atoms with van der Waals surface area (Å²) in [5.41, 5.74) is 19.3. The lowest BCUT2D eigenvalue weighted by Gasteiger charge is -2.31. The molecular weight excluding hydrogens is 729 g/mol. The van der Waals surface area contributed by atoms with Crippen LogP contribution in [0.5, 0.6) is 0 Å². The van der Waals surface area contributed by atoms with Gasteiger partial charge in [-0.2, -0.15) is 0 Å². The molecule has 0 unspecified atom stereocenters. The van der Waals surface area contributed by atoms with Gasteiger partial charge < -0.3 is 13.9 Å². The molecule has 2 aliphatic carbocycles. The minimum absolute atomic E-state index is 0.0982. The summed E-state index contributed by atoms with van der Waals surface area (Å²) in [7, 11) is 0. The lowest BCUT2D eigenvalue weighted by Crippen LogP contribution is -2.20. The Hall–Kier alpha value is -7.36. The highest BCUT2D eigenvalue weighted by atomic mass is 16.3. The zero-order valence-corrected chi connectivity index (χ0v) is 33.7. The number of rotatable bonds is 6. The average molecular weight is 771 g/mol. The number of furan rings is 1. The van der Waals surface area contributed by atoms with Crippen LogP contribution in [-0.4, -0.2) is 4.57 Å². The van der Waals surface area contributed by atoms with Crippen molar-refractivity contribution in [1.29, 1.82) is 0 Å². The van der Waals surface area contributed by atoms with Crippen molar-refractivity contribution < 1.29 is 4.42 Å². The van der Waals surface area contributed by atoms with Crippen molar-refractivity contribution in [1.82, 2.24) is 4.57 Å². The minimum atomic E-state index is -0.0982. The van der Waals surface area contributed by atoms with Crippen molar-refractivity contribution in [3.8, 4) is 27.9 Å². The number of fused-ring (bicyclic) bond motifs is 9. The summed E-state index contributed by atoms with van der Waals surface area (Å²) >= 11 is 0. The Balaban J connectivity index is 0.958. The Kier molecular flexibility index (Phi) is 7.71. The molecule has 0 radical (unpaired) electrons. The molecule has 0 amide bonds. The van der Waals surface area contributed by atoms with Gasteiger partial charge in [0.2, 0.25) is 0 Å². The lowest BCUT2D eigenvalue weighted by molar-refractivity contribution is 0.660. The summed E-state index contributed by atoms with van der Waals surface area (Å²) < 4.78 is 8.84. The fourth-order valence-corrected chi connectivity index (χ4v) is 10.2. The number of anilines is 2. The van der Waals surface area contributed by atoms with Crippen molar-refractivity contribution in [2.45, 2.75) is 32.1 Å². The number of para-hydroxylation sites is 4. The van der Waals surface area contributed by atoms with Crippen LogP contribution in [0.1, 0.15) is 43.4 Å². The molecule has 10 aromatic rings. The summed E-state index contributed by atoms with van der Waals surface area (Å²) in [6, 6.07) is 66.3. The minimum Gasteiger partial charge on any atom is -0.455 e. The fraction of sp³-hybridized carbons (Fsp3) is 0.0877. The van der Waals surface area contributed by atoms with Crippen molar-refractivity contribution in [2.75, 3.05) is 4.90 Å². The molecule has 3 nitrogen and oxygen atoms in total. The number of hydrogen-bond donors (Lipinski definition) is 0. The van der Waals surface area contributed by atoms with Crippen molar-refractivity contribution in [3.63, 3.8) is 0 Å². The summed E-state index contributed by atoms with van der Waals surface area (Å²) in [5.74, 6) is 0. The lowest BCUT2D eigenvalue weighted by atomic mass is 9.82. The third kappa shape index (κ3) is 5.29. The van der Waals surface area contributed by atoms with Crippen LogP contribution in [0.15, 0.2) is 204 Å². The van der Waals surface area contributed by atoms with Gasteiger partial charge in [0.15, 0.2) is 0 Å². The molecule has 0 N–H and O–H groups in total. The molecule has 286 valence electrons. The Bertz CT molecular complexity index is 3390. The highest BCUT2D eigenvalue weighted by Crippen LogP contribution is 2.51. The predicted molar refractivity (Wildman–Crippen MR) is 251 cm³/mol. The number of nitrogens with zero attached hydrogens (tertiary/aromatic N) is 2. The van der Waals surface area contributed by atoms with E-state index in [9.17, 15) is 0 Å². The largest absolute Gasteiger partial charge is 0.455 e. The molecule has 0 saturated heterocycles. The molecule has 2 aromatic heterocycles.